The van der Waals surface area contributed by atoms with Gasteiger partial charge in [0, 0.05) is 17.8 Å². The summed E-state index contributed by atoms with van der Waals surface area (Å²) in [5.74, 6) is 0.620. The van der Waals surface area contributed by atoms with Gasteiger partial charge in [-0.05, 0) is 79.9 Å². The molecule has 2 N–H and O–H groups in total. The monoisotopic (exact) mass is 438 g/mol. The van der Waals surface area contributed by atoms with E-state index in [0.717, 1.165) is 16.9 Å². The van der Waals surface area contributed by atoms with Gasteiger partial charge < -0.3 is 10.1 Å². The zero-order chi connectivity index (χ0) is 22.3. The van der Waals surface area contributed by atoms with Crippen molar-refractivity contribution in [2.75, 3.05) is 16.6 Å². The van der Waals surface area contributed by atoms with E-state index in [0.29, 0.717) is 30.8 Å². The van der Waals surface area contributed by atoms with Crippen molar-refractivity contribution in [1.82, 2.24) is 0 Å². The van der Waals surface area contributed by atoms with Crippen LogP contribution >= 0.6 is 0 Å². The van der Waals surface area contributed by atoms with E-state index in [-0.39, 0.29) is 10.8 Å². The molecule has 0 saturated carbocycles. The fraction of sp³-hybridized carbons (Fsp3) is 0.208. The molecule has 0 radical (unpaired) electrons. The van der Waals surface area contributed by atoms with E-state index >= 15 is 0 Å². The molecule has 0 spiro atoms. The van der Waals surface area contributed by atoms with E-state index < -0.39 is 10.0 Å². The van der Waals surface area contributed by atoms with Gasteiger partial charge in [0.2, 0.25) is 5.91 Å². The first kappa shape index (κ1) is 22.4. The van der Waals surface area contributed by atoms with Crippen LogP contribution in [0.15, 0.2) is 77.7 Å². The van der Waals surface area contributed by atoms with Crippen molar-refractivity contribution in [2.24, 2.45) is 0 Å². The van der Waals surface area contributed by atoms with Crippen LogP contribution in [0.4, 0.5) is 11.4 Å². The van der Waals surface area contributed by atoms with Crippen LogP contribution in [0, 0.1) is 13.8 Å². The first-order chi connectivity index (χ1) is 14.8. The molecule has 0 aliphatic heterocycles. The molecular formula is C24H26N2O4S. The second kappa shape index (κ2) is 10.1. The summed E-state index contributed by atoms with van der Waals surface area (Å²) in [7, 11) is -3.71. The lowest BCUT2D eigenvalue weighted by Crippen LogP contribution is -2.14. The molecule has 0 atom stereocenters. The highest BCUT2D eigenvalue weighted by atomic mass is 32.2. The molecule has 31 heavy (non-hydrogen) atoms. The summed E-state index contributed by atoms with van der Waals surface area (Å²) in [6.45, 7) is 4.34. The van der Waals surface area contributed by atoms with E-state index in [1.54, 1.807) is 24.3 Å². The van der Waals surface area contributed by atoms with Gasteiger partial charge in [0.05, 0.1) is 11.5 Å². The molecule has 0 aliphatic carbocycles. The van der Waals surface area contributed by atoms with Gasteiger partial charge in [-0.3, -0.25) is 9.52 Å². The first-order valence-corrected chi connectivity index (χ1v) is 11.5. The highest BCUT2D eigenvalue weighted by molar-refractivity contribution is 7.92. The highest BCUT2D eigenvalue weighted by Crippen LogP contribution is 2.20. The van der Waals surface area contributed by atoms with Crippen molar-refractivity contribution >= 4 is 27.3 Å². The van der Waals surface area contributed by atoms with Crippen LogP contribution in [0.2, 0.25) is 0 Å². The fourth-order valence-electron chi connectivity index (χ4n) is 2.90. The van der Waals surface area contributed by atoms with Gasteiger partial charge in [0.1, 0.15) is 5.75 Å². The molecule has 0 aromatic heterocycles. The van der Waals surface area contributed by atoms with Crippen LogP contribution in [0.25, 0.3) is 0 Å². The Morgan fingerprint density at radius 1 is 0.871 bits per heavy atom. The Bertz CT molecular complexity index is 1130. The Balaban J connectivity index is 1.50. The number of sulfonamides is 1. The van der Waals surface area contributed by atoms with Crippen molar-refractivity contribution in [3.8, 4) is 5.75 Å². The summed E-state index contributed by atoms with van der Waals surface area (Å²) in [6, 6.07) is 20.9. The Labute approximate surface area is 183 Å². The third kappa shape index (κ3) is 6.58. The maximum Gasteiger partial charge on any atom is 0.261 e. The third-order valence-corrected chi connectivity index (χ3v) is 6.16. The summed E-state index contributed by atoms with van der Waals surface area (Å²) in [4.78, 5) is 12.2. The van der Waals surface area contributed by atoms with E-state index in [1.807, 2.05) is 50.2 Å². The standard InChI is InChI=1S/C24H26N2O4S/c1-18-10-11-21(17-19(18)2)26-31(28,29)23-14-12-20(13-15-23)25-24(27)9-6-16-30-22-7-4-3-5-8-22/h3-5,7-8,10-15,17,26H,6,9,16H2,1-2H3,(H,25,27). The van der Waals surface area contributed by atoms with E-state index in [1.165, 1.54) is 12.1 Å². The molecule has 162 valence electrons. The largest absolute Gasteiger partial charge is 0.494 e. The molecule has 0 fully saturated rings. The predicted molar refractivity (Wildman–Crippen MR) is 123 cm³/mol. The number of hydrogen-bond donors (Lipinski definition) is 2. The molecule has 6 nitrogen and oxygen atoms in total. The van der Waals surface area contributed by atoms with Crippen LogP contribution in [-0.4, -0.2) is 20.9 Å². The second-order valence-corrected chi connectivity index (χ2v) is 8.92. The van der Waals surface area contributed by atoms with Crippen LogP contribution < -0.4 is 14.8 Å². The van der Waals surface area contributed by atoms with Gasteiger partial charge >= 0.3 is 0 Å². The van der Waals surface area contributed by atoms with Gasteiger partial charge in [-0.15, -0.1) is 0 Å². The number of aryl methyl sites for hydroxylation is 2. The molecule has 0 saturated heterocycles. The lowest BCUT2D eigenvalue weighted by Gasteiger charge is -2.11. The minimum absolute atomic E-state index is 0.125. The van der Waals surface area contributed by atoms with Crippen molar-refractivity contribution in [2.45, 2.75) is 31.6 Å². The number of rotatable bonds is 9. The first-order valence-electron chi connectivity index (χ1n) is 10.0. The van der Waals surface area contributed by atoms with Gasteiger partial charge in [0.25, 0.3) is 10.0 Å². The fourth-order valence-corrected chi connectivity index (χ4v) is 3.95. The SMILES string of the molecule is Cc1ccc(NS(=O)(=O)c2ccc(NC(=O)CCCOc3ccccc3)cc2)cc1C. The molecule has 0 bridgehead atoms. The Morgan fingerprint density at radius 3 is 2.23 bits per heavy atom. The van der Waals surface area contributed by atoms with E-state index in [9.17, 15) is 13.2 Å². The summed E-state index contributed by atoms with van der Waals surface area (Å²) >= 11 is 0. The molecule has 3 aromatic carbocycles. The van der Waals surface area contributed by atoms with E-state index in [2.05, 4.69) is 10.0 Å². The van der Waals surface area contributed by atoms with Gasteiger partial charge in [-0.1, -0.05) is 24.3 Å². The quantitative estimate of drug-likeness (QED) is 0.465. The average Bonchev–Trinajstić information content (AvgIpc) is 2.75. The lowest BCUT2D eigenvalue weighted by atomic mass is 10.1. The van der Waals surface area contributed by atoms with Gasteiger partial charge in [-0.25, -0.2) is 8.42 Å². The number of amides is 1. The highest BCUT2D eigenvalue weighted by Gasteiger charge is 2.14. The van der Waals surface area contributed by atoms with Crippen molar-refractivity contribution in [3.05, 3.63) is 83.9 Å². The predicted octanol–water partition coefficient (Wildman–Crippen LogP) is 4.90. The van der Waals surface area contributed by atoms with Crippen molar-refractivity contribution in [1.29, 1.82) is 0 Å². The number of hydrogen-bond acceptors (Lipinski definition) is 4. The molecule has 3 rings (SSSR count). The number of benzene rings is 3. The van der Waals surface area contributed by atoms with Gasteiger partial charge in [0.15, 0.2) is 0 Å². The molecule has 1 amide bonds. The molecular weight excluding hydrogens is 412 g/mol. The number of ether oxygens (including phenoxy) is 1. The summed E-state index contributed by atoms with van der Waals surface area (Å²) < 4.78 is 33.4. The Kier molecular flexibility index (Phi) is 7.31. The minimum Gasteiger partial charge on any atom is -0.494 e. The zero-order valence-corrected chi connectivity index (χ0v) is 18.4. The van der Waals surface area contributed by atoms with Crippen LogP contribution in [0.1, 0.15) is 24.0 Å². The Hall–Kier alpha value is -3.32. The Morgan fingerprint density at radius 2 is 1.55 bits per heavy atom. The third-order valence-electron chi connectivity index (χ3n) is 4.77. The van der Waals surface area contributed by atoms with E-state index in [4.69, 9.17) is 4.74 Å². The lowest BCUT2D eigenvalue weighted by molar-refractivity contribution is -0.116. The smallest absolute Gasteiger partial charge is 0.261 e. The number of anilines is 2. The van der Waals surface area contributed by atoms with Crippen LogP contribution in [0.5, 0.6) is 5.75 Å². The molecule has 0 heterocycles. The molecule has 0 aliphatic rings. The summed E-state index contributed by atoms with van der Waals surface area (Å²) in [5, 5.41) is 2.77. The maximum absolute atomic E-state index is 12.6. The molecule has 3 aromatic rings. The van der Waals surface area contributed by atoms with Gasteiger partial charge in [-0.2, -0.15) is 0 Å². The van der Waals surface area contributed by atoms with Crippen molar-refractivity contribution < 1.29 is 17.9 Å². The number of nitrogens with one attached hydrogen (secondary N) is 2. The molecule has 7 heteroatoms. The van der Waals surface area contributed by atoms with Crippen LogP contribution in [0.3, 0.4) is 0 Å². The summed E-state index contributed by atoms with van der Waals surface area (Å²) in [6.07, 6.45) is 0.883. The average molecular weight is 439 g/mol. The molecule has 0 unspecified atom stereocenters. The maximum atomic E-state index is 12.6. The zero-order valence-electron chi connectivity index (χ0n) is 17.6. The number of carbonyl (C=O) groups is 1. The number of carbonyl (C=O) groups excluding carboxylic acids is 1. The van der Waals surface area contributed by atoms with Crippen molar-refractivity contribution in [3.63, 3.8) is 0 Å². The van der Waals surface area contributed by atoms with Crippen LogP contribution in [-0.2, 0) is 14.8 Å². The minimum atomic E-state index is -3.71. The second-order valence-electron chi connectivity index (χ2n) is 7.24. The topological polar surface area (TPSA) is 84.5 Å². The normalized spacial score (nSPS) is 11.0. The number of para-hydroxylation sites is 1. The summed E-state index contributed by atoms with van der Waals surface area (Å²) in [5.41, 5.74) is 3.15.